The first-order chi connectivity index (χ1) is 7.28. The summed E-state index contributed by atoms with van der Waals surface area (Å²) in [5.41, 5.74) is 5.54. The van der Waals surface area contributed by atoms with Gasteiger partial charge in [-0.25, -0.2) is 0 Å². The van der Waals surface area contributed by atoms with Crippen LogP contribution in [-0.4, -0.2) is 41.4 Å². The van der Waals surface area contributed by atoms with Gasteiger partial charge < -0.3 is 10.5 Å². The zero-order valence-electron chi connectivity index (χ0n) is 8.85. The number of methoxy groups -OCH3 is 1. The molecule has 1 atom stereocenters. The summed E-state index contributed by atoms with van der Waals surface area (Å²) in [6.45, 7) is 2.93. The van der Waals surface area contributed by atoms with Gasteiger partial charge >= 0.3 is 0 Å². The number of aromatic nitrogens is 2. The van der Waals surface area contributed by atoms with E-state index in [0.717, 1.165) is 31.1 Å². The van der Waals surface area contributed by atoms with Gasteiger partial charge in [0.25, 0.3) is 0 Å². The van der Waals surface area contributed by atoms with Crippen LogP contribution in [0.4, 0.5) is 5.13 Å². The van der Waals surface area contributed by atoms with Gasteiger partial charge in [-0.1, -0.05) is 11.3 Å². The predicted molar refractivity (Wildman–Crippen MR) is 59.6 cm³/mol. The Labute approximate surface area is 93.2 Å². The van der Waals surface area contributed by atoms with E-state index >= 15 is 0 Å². The highest BCUT2D eigenvalue weighted by Crippen LogP contribution is 2.18. The fraction of sp³-hybridized carbons (Fsp3) is 0.778. The molecular formula is C9H16N4OS. The van der Waals surface area contributed by atoms with Gasteiger partial charge in [-0.3, -0.25) is 4.90 Å². The molecule has 0 amide bonds. The Bertz CT molecular complexity index is 317. The molecule has 0 spiro atoms. The second kappa shape index (κ2) is 4.87. The lowest BCUT2D eigenvalue weighted by Gasteiger charge is -2.30. The van der Waals surface area contributed by atoms with E-state index in [1.165, 1.54) is 17.8 Å². The maximum Gasteiger partial charge on any atom is 0.203 e. The maximum absolute atomic E-state index is 5.54. The normalized spacial score (nSPS) is 23.1. The summed E-state index contributed by atoms with van der Waals surface area (Å²) in [6, 6.07) is 0. The van der Waals surface area contributed by atoms with Crippen LogP contribution in [0.25, 0.3) is 0 Å². The third kappa shape index (κ3) is 2.87. The summed E-state index contributed by atoms with van der Waals surface area (Å²) in [6.07, 6.45) is 2.71. The fourth-order valence-electron chi connectivity index (χ4n) is 1.87. The highest BCUT2D eigenvalue weighted by atomic mass is 32.1. The molecule has 15 heavy (non-hydrogen) atoms. The molecule has 1 saturated heterocycles. The maximum atomic E-state index is 5.54. The van der Waals surface area contributed by atoms with E-state index in [1.807, 2.05) is 0 Å². The second-order valence-corrected chi connectivity index (χ2v) is 4.86. The van der Waals surface area contributed by atoms with Gasteiger partial charge in [-0.05, 0) is 19.4 Å². The SMILES string of the molecule is COC1CCCN(Cc2nnc(N)s2)C1. The minimum atomic E-state index is 0.365. The molecule has 0 saturated carbocycles. The van der Waals surface area contributed by atoms with Gasteiger partial charge in [0.1, 0.15) is 5.01 Å². The lowest BCUT2D eigenvalue weighted by atomic mass is 10.1. The largest absolute Gasteiger partial charge is 0.380 e. The average molecular weight is 228 g/mol. The van der Waals surface area contributed by atoms with Crippen molar-refractivity contribution >= 4 is 16.5 Å². The summed E-state index contributed by atoms with van der Waals surface area (Å²) in [7, 11) is 1.77. The topological polar surface area (TPSA) is 64.3 Å². The molecule has 0 bridgehead atoms. The van der Waals surface area contributed by atoms with Crippen molar-refractivity contribution in [2.45, 2.75) is 25.5 Å². The van der Waals surface area contributed by atoms with Crippen molar-refractivity contribution in [3.05, 3.63) is 5.01 Å². The third-order valence-electron chi connectivity index (χ3n) is 2.64. The van der Waals surface area contributed by atoms with Crippen molar-refractivity contribution in [1.82, 2.24) is 15.1 Å². The minimum Gasteiger partial charge on any atom is -0.380 e. The van der Waals surface area contributed by atoms with Crippen molar-refractivity contribution in [3.8, 4) is 0 Å². The molecule has 6 heteroatoms. The smallest absolute Gasteiger partial charge is 0.203 e. The van der Waals surface area contributed by atoms with Crippen LogP contribution in [0.5, 0.6) is 0 Å². The van der Waals surface area contributed by atoms with Crippen LogP contribution in [0.1, 0.15) is 17.8 Å². The molecule has 1 fully saturated rings. The van der Waals surface area contributed by atoms with Crippen molar-refractivity contribution < 1.29 is 4.74 Å². The Balaban J connectivity index is 1.88. The molecule has 1 aromatic rings. The van der Waals surface area contributed by atoms with Gasteiger partial charge in [0.05, 0.1) is 12.6 Å². The van der Waals surface area contributed by atoms with Gasteiger partial charge in [0.15, 0.2) is 0 Å². The van der Waals surface area contributed by atoms with Crippen LogP contribution in [0, 0.1) is 0 Å². The average Bonchev–Trinajstić information content (AvgIpc) is 2.64. The zero-order valence-corrected chi connectivity index (χ0v) is 9.66. The summed E-state index contributed by atoms with van der Waals surface area (Å²) in [4.78, 5) is 2.34. The molecule has 5 nitrogen and oxygen atoms in total. The van der Waals surface area contributed by atoms with E-state index in [4.69, 9.17) is 10.5 Å². The molecule has 0 aromatic carbocycles. The first-order valence-electron chi connectivity index (χ1n) is 5.11. The number of anilines is 1. The van der Waals surface area contributed by atoms with Crippen LogP contribution >= 0.6 is 11.3 Å². The Hall–Kier alpha value is -0.720. The molecular weight excluding hydrogens is 212 g/mol. The molecule has 0 radical (unpaired) electrons. The molecule has 1 aromatic heterocycles. The molecule has 2 rings (SSSR count). The lowest BCUT2D eigenvalue weighted by molar-refractivity contribution is 0.0285. The van der Waals surface area contributed by atoms with Gasteiger partial charge in [-0.2, -0.15) is 0 Å². The van der Waals surface area contributed by atoms with E-state index in [0.29, 0.717) is 11.2 Å². The number of nitrogens with two attached hydrogens (primary N) is 1. The quantitative estimate of drug-likeness (QED) is 0.826. The molecule has 1 aliphatic heterocycles. The standard InChI is InChI=1S/C9H16N4OS/c1-14-7-3-2-4-13(5-7)6-8-11-12-9(10)15-8/h7H,2-6H2,1H3,(H2,10,12). The second-order valence-electron chi connectivity index (χ2n) is 3.77. The Morgan fingerprint density at radius 3 is 3.13 bits per heavy atom. The number of hydrogen-bond donors (Lipinski definition) is 1. The summed E-state index contributed by atoms with van der Waals surface area (Å²) >= 11 is 1.46. The monoisotopic (exact) mass is 228 g/mol. The van der Waals surface area contributed by atoms with Crippen molar-refractivity contribution in [2.24, 2.45) is 0 Å². The van der Waals surface area contributed by atoms with Gasteiger partial charge in [-0.15, -0.1) is 10.2 Å². The highest BCUT2D eigenvalue weighted by Gasteiger charge is 2.20. The van der Waals surface area contributed by atoms with Crippen LogP contribution in [0.3, 0.4) is 0 Å². The van der Waals surface area contributed by atoms with Crippen molar-refractivity contribution in [2.75, 3.05) is 25.9 Å². The Morgan fingerprint density at radius 2 is 2.47 bits per heavy atom. The summed E-state index contributed by atoms with van der Waals surface area (Å²) < 4.78 is 5.37. The molecule has 1 unspecified atom stereocenters. The molecule has 2 N–H and O–H groups in total. The molecule has 0 aliphatic carbocycles. The number of piperidine rings is 1. The first-order valence-corrected chi connectivity index (χ1v) is 5.92. The number of ether oxygens (including phenoxy) is 1. The van der Waals surface area contributed by atoms with E-state index < -0.39 is 0 Å². The molecule has 84 valence electrons. The van der Waals surface area contributed by atoms with Crippen LogP contribution < -0.4 is 5.73 Å². The highest BCUT2D eigenvalue weighted by molar-refractivity contribution is 7.15. The number of nitrogens with zero attached hydrogens (tertiary/aromatic N) is 3. The van der Waals surface area contributed by atoms with Crippen molar-refractivity contribution in [1.29, 1.82) is 0 Å². The van der Waals surface area contributed by atoms with Gasteiger partial charge in [0.2, 0.25) is 5.13 Å². The number of likely N-dealkylation sites (tertiary alicyclic amines) is 1. The zero-order chi connectivity index (χ0) is 10.7. The summed E-state index contributed by atoms with van der Waals surface area (Å²) in [5.74, 6) is 0. The van der Waals surface area contributed by atoms with Crippen LogP contribution in [0.2, 0.25) is 0 Å². The van der Waals surface area contributed by atoms with E-state index in [1.54, 1.807) is 7.11 Å². The van der Waals surface area contributed by atoms with E-state index in [9.17, 15) is 0 Å². The number of nitrogen functional groups attached to an aromatic ring is 1. The summed E-state index contributed by atoms with van der Waals surface area (Å²) in [5, 5.41) is 9.37. The van der Waals surface area contributed by atoms with Gasteiger partial charge in [0, 0.05) is 13.7 Å². The van der Waals surface area contributed by atoms with Crippen molar-refractivity contribution in [3.63, 3.8) is 0 Å². The van der Waals surface area contributed by atoms with Crippen LogP contribution in [-0.2, 0) is 11.3 Å². The Morgan fingerprint density at radius 1 is 1.60 bits per heavy atom. The minimum absolute atomic E-state index is 0.365. The lowest BCUT2D eigenvalue weighted by Crippen LogP contribution is -2.38. The Kier molecular flexibility index (Phi) is 3.50. The number of rotatable bonds is 3. The van der Waals surface area contributed by atoms with Crippen LogP contribution in [0.15, 0.2) is 0 Å². The number of hydrogen-bond acceptors (Lipinski definition) is 6. The first kappa shape index (κ1) is 10.8. The fourth-order valence-corrected chi connectivity index (χ4v) is 2.52. The molecule has 1 aliphatic rings. The third-order valence-corrected chi connectivity index (χ3v) is 3.37. The predicted octanol–water partition coefficient (Wildman–Crippen LogP) is 0.731. The van der Waals surface area contributed by atoms with E-state index in [2.05, 4.69) is 15.1 Å². The van der Waals surface area contributed by atoms with E-state index in [-0.39, 0.29) is 0 Å². The molecule has 2 heterocycles.